The zero-order chi connectivity index (χ0) is 17.2. The SMILES string of the molecule is CC.Cc1ccccc1.O=C1CCC(N2CCOC2=O)C(=O)N1. The molecule has 0 bridgehead atoms. The number of carbonyl (C=O) groups excluding carboxylic acids is 3. The Hall–Kier alpha value is -2.37. The Morgan fingerprint density at radius 2 is 1.78 bits per heavy atom. The van der Waals surface area contributed by atoms with Crippen LogP contribution in [0.4, 0.5) is 4.79 Å². The molecule has 0 aromatic heterocycles. The summed E-state index contributed by atoms with van der Waals surface area (Å²) in [6, 6.07) is 9.72. The highest BCUT2D eigenvalue weighted by Crippen LogP contribution is 2.16. The molecule has 2 saturated heterocycles. The molecule has 0 saturated carbocycles. The summed E-state index contributed by atoms with van der Waals surface area (Å²) < 4.78 is 4.72. The van der Waals surface area contributed by atoms with Gasteiger partial charge in [-0.1, -0.05) is 49.7 Å². The molecule has 1 aromatic rings. The van der Waals surface area contributed by atoms with Crippen LogP contribution in [-0.2, 0) is 14.3 Å². The van der Waals surface area contributed by atoms with Crippen LogP contribution in [0.3, 0.4) is 0 Å². The third kappa shape index (κ3) is 5.73. The predicted molar refractivity (Wildman–Crippen MR) is 86.8 cm³/mol. The number of aryl methyl sites for hydroxylation is 1. The molecule has 3 rings (SSSR count). The summed E-state index contributed by atoms with van der Waals surface area (Å²) in [5.74, 6) is -0.682. The van der Waals surface area contributed by atoms with E-state index in [9.17, 15) is 14.4 Å². The van der Waals surface area contributed by atoms with Crippen LogP contribution >= 0.6 is 0 Å². The van der Waals surface area contributed by atoms with E-state index in [1.54, 1.807) is 0 Å². The van der Waals surface area contributed by atoms with E-state index in [0.717, 1.165) is 0 Å². The molecule has 1 atom stereocenters. The molecule has 2 fully saturated rings. The number of imide groups is 1. The highest BCUT2D eigenvalue weighted by molar-refractivity contribution is 6.01. The van der Waals surface area contributed by atoms with Crippen LogP contribution in [0, 0.1) is 6.92 Å². The minimum Gasteiger partial charge on any atom is -0.448 e. The maximum absolute atomic E-state index is 11.4. The van der Waals surface area contributed by atoms with Gasteiger partial charge in [0.25, 0.3) is 0 Å². The Bertz CT molecular complexity index is 531. The smallest absolute Gasteiger partial charge is 0.410 e. The quantitative estimate of drug-likeness (QED) is 0.805. The first-order valence-corrected chi connectivity index (χ1v) is 7.86. The van der Waals surface area contributed by atoms with Crippen molar-refractivity contribution in [3.63, 3.8) is 0 Å². The van der Waals surface area contributed by atoms with Crippen LogP contribution < -0.4 is 5.32 Å². The number of ether oxygens (including phenoxy) is 1. The molecule has 126 valence electrons. The number of benzene rings is 1. The van der Waals surface area contributed by atoms with E-state index < -0.39 is 18.0 Å². The largest absolute Gasteiger partial charge is 0.448 e. The fourth-order valence-electron chi connectivity index (χ4n) is 2.20. The lowest BCUT2D eigenvalue weighted by Crippen LogP contribution is -2.52. The molecule has 2 aliphatic heterocycles. The number of nitrogens with zero attached hydrogens (tertiary/aromatic N) is 1. The van der Waals surface area contributed by atoms with Crippen LogP contribution in [-0.4, -0.2) is 42.0 Å². The standard InChI is InChI=1S/C8H10N2O4.C7H8.C2H6/c11-6-2-1-5(7(12)9-6)10-3-4-14-8(10)13;1-7-5-3-2-4-6-7;1-2/h5H,1-4H2,(H,9,11,12);2-6H,1H3;1-2H3. The van der Waals surface area contributed by atoms with Crippen molar-refractivity contribution >= 4 is 17.9 Å². The van der Waals surface area contributed by atoms with Gasteiger partial charge in [0.15, 0.2) is 0 Å². The van der Waals surface area contributed by atoms with Crippen LogP contribution in [0.2, 0.25) is 0 Å². The van der Waals surface area contributed by atoms with Crippen LogP contribution in [0.1, 0.15) is 32.3 Å². The summed E-state index contributed by atoms with van der Waals surface area (Å²) in [6.07, 6.45) is 0.194. The lowest BCUT2D eigenvalue weighted by molar-refractivity contribution is -0.136. The molecule has 2 aliphatic rings. The second-order valence-corrected chi connectivity index (χ2v) is 4.93. The van der Waals surface area contributed by atoms with E-state index in [1.807, 2.05) is 32.0 Å². The van der Waals surface area contributed by atoms with E-state index in [2.05, 4.69) is 24.4 Å². The second-order valence-electron chi connectivity index (χ2n) is 4.93. The van der Waals surface area contributed by atoms with Gasteiger partial charge in [0.2, 0.25) is 11.8 Å². The average Bonchev–Trinajstić information content (AvgIpc) is 2.97. The normalized spacial score (nSPS) is 19.7. The van der Waals surface area contributed by atoms with E-state index in [-0.39, 0.29) is 12.3 Å². The molecule has 0 spiro atoms. The number of cyclic esters (lactones) is 1. The third-order valence-electron chi connectivity index (χ3n) is 3.32. The predicted octanol–water partition coefficient (Wildman–Crippen LogP) is 2.27. The van der Waals surface area contributed by atoms with Gasteiger partial charge < -0.3 is 4.74 Å². The minimum absolute atomic E-state index is 0.278. The molecule has 1 aromatic carbocycles. The van der Waals surface area contributed by atoms with Gasteiger partial charge in [0.1, 0.15) is 12.6 Å². The van der Waals surface area contributed by atoms with Crippen LogP contribution in [0.5, 0.6) is 0 Å². The average molecular weight is 320 g/mol. The van der Waals surface area contributed by atoms with Crippen molar-refractivity contribution in [2.24, 2.45) is 0 Å². The number of hydrogen-bond acceptors (Lipinski definition) is 4. The van der Waals surface area contributed by atoms with Gasteiger partial charge in [0, 0.05) is 6.42 Å². The monoisotopic (exact) mass is 320 g/mol. The number of amides is 3. The van der Waals surface area contributed by atoms with Crippen molar-refractivity contribution in [1.29, 1.82) is 0 Å². The fraction of sp³-hybridized carbons (Fsp3) is 0.471. The first-order chi connectivity index (χ1) is 11.1. The van der Waals surface area contributed by atoms with Crippen molar-refractivity contribution < 1.29 is 19.1 Å². The van der Waals surface area contributed by atoms with Crippen molar-refractivity contribution in [1.82, 2.24) is 10.2 Å². The van der Waals surface area contributed by atoms with E-state index in [1.165, 1.54) is 10.5 Å². The fourth-order valence-corrected chi connectivity index (χ4v) is 2.20. The molecule has 0 aliphatic carbocycles. The number of nitrogens with one attached hydrogen (secondary N) is 1. The van der Waals surface area contributed by atoms with Gasteiger partial charge in [-0.05, 0) is 13.3 Å². The zero-order valence-corrected chi connectivity index (χ0v) is 13.9. The number of carbonyl (C=O) groups is 3. The van der Waals surface area contributed by atoms with E-state index >= 15 is 0 Å². The molecule has 1 unspecified atom stereocenters. The van der Waals surface area contributed by atoms with Crippen LogP contribution in [0.15, 0.2) is 30.3 Å². The lowest BCUT2D eigenvalue weighted by Gasteiger charge is -2.27. The summed E-state index contributed by atoms with van der Waals surface area (Å²) in [5.41, 5.74) is 1.32. The molecular formula is C17H24N2O4. The molecule has 2 heterocycles. The van der Waals surface area contributed by atoms with Crippen LogP contribution in [0.25, 0.3) is 0 Å². The Kier molecular flexibility index (Phi) is 7.80. The lowest BCUT2D eigenvalue weighted by atomic mass is 10.1. The first kappa shape index (κ1) is 18.7. The van der Waals surface area contributed by atoms with Gasteiger partial charge in [-0.25, -0.2) is 4.79 Å². The summed E-state index contributed by atoms with van der Waals surface area (Å²) in [4.78, 5) is 34.7. The van der Waals surface area contributed by atoms with Gasteiger partial charge >= 0.3 is 6.09 Å². The van der Waals surface area contributed by atoms with Crippen molar-refractivity contribution in [3.8, 4) is 0 Å². The molecule has 3 amide bonds. The highest BCUT2D eigenvalue weighted by Gasteiger charge is 2.37. The summed E-state index contributed by atoms with van der Waals surface area (Å²) in [6.45, 7) is 6.82. The van der Waals surface area contributed by atoms with Crippen molar-refractivity contribution in [2.45, 2.75) is 39.7 Å². The summed E-state index contributed by atoms with van der Waals surface area (Å²) in [5, 5.41) is 2.20. The number of hydrogen-bond donors (Lipinski definition) is 1. The molecular weight excluding hydrogens is 296 g/mol. The minimum atomic E-state index is -0.539. The summed E-state index contributed by atoms with van der Waals surface area (Å²) >= 11 is 0. The first-order valence-electron chi connectivity index (χ1n) is 7.86. The molecule has 1 N–H and O–H groups in total. The summed E-state index contributed by atoms with van der Waals surface area (Å²) in [7, 11) is 0. The van der Waals surface area contributed by atoms with Gasteiger partial charge in [-0.2, -0.15) is 0 Å². The second kappa shape index (κ2) is 9.61. The third-order valence-corrected chi connectivity index (χ3v) is 3.32. The maximum atomic E-state index is 11.4. The molecule has 6 nitrogen and oxygen atoms in total. The Balaban J connectivity index is 0.000000247. The van der Waals surface area contributed by atoms with E-state index in [4.69, 9.17) is 4.74 Å². The number of rotatable bonds is 1. The molecule has 0 radical (unpaired) electrons. The van der Waals surface area contributed by atoms with Gasteiger partial charge in [-0.15, -0.1) is 0 Å². The topological polar surface area (TPSA) is 75.7 Å². The van der Waals surface area contributed by atoms with Gasteiger partial charge in [0.05, 0.1) is 6.54 Å². The Labute approximate surface area is 136 Å². The highest BCUT2D eigenvalue weighted by atomic mass is 16.6. The van der Waals surface area contributed by atoms with Gasteiger partial charge in [-0.3, -0.25) is 19.8 Å². The Morgan fingerprint density at radius 1 is 1.13 bits per heavy atom. The van der Waals surface area contributed by atoms with Crippen molar-refractivity contribution in [2.75, 3.05) is 13.2 Å². The Morgan fingerprint density at radius 3 is 2.22 bits per heavy atom. The zero-order valence-electron chi connectivity index (χ0n) is 13.9. The molecule has 6 heteroatoms. The number of piperidine rings is 1. The van der Waals surface area contributed by atoms with Crippen molar-refractivity contribution in [3.05, 3.63) is 35.9 Å². The molecule has 23 heavy (non-hydrogen) atoms. The van der Waals surface area contributed by atoms with E-state index in [0.29, 0.717) is 19.6 Å². The maximum Gasteiger partial charge on any atom is 0.410 e.